The average Bonchev–Trinajstić information content (AvgIpc) is 2.99. The Hall–Kier alpha value is -3.17. The molecule has 5 amide bonds. The van der Waals surface area contributed by atoms with Crippen LogP contribution in [-0.2, 0) is 20.9 Å². The number of hydrogen-bond acceptors (Lipinski definition) is 6. The SMILES string of the molecule is CC(C)(C)OC(=O)N(CCCNC(=O)CN1C(=O)NC2(CCCCC2)C1=O)Cc1cccnc1. The highest BCUT2D eigenvalue weighted by atomic mass is 16.6. The predicted molar refractivity (Wildman–Crippen MR) is 125 cm³/mol. The Morgan fingerprint density at radius 1 is 1.24 bits per heavy atom. The predicted octanol–water partition coefficient (Wildman–Crippen LogP) is 2.58. The molecular weight excluding hydrogens is 438 g/mol. The Labute approximate surface area is 200 Å². The zero-order valence-electron chi connectivity index (χ0n) is 20.3. The maximum atomic E-state index is 12.8. The van der Waals surface area contributed by atoms with Crippen LogP contribution in [0.1, 0.15) is 64.9 Å². The third-order valence-corrected chi connectivity index (χ3v) is 5.93. The second kappa shape index (κ2) is 10.8. The van der Waals surface area contributed by atoms with Crippen molar-refractivity contribution in [1.82, 2.24) is 25.4 Å². The lowest BCUT2D eigenvalue weighted by Crippen LogP contribution is -2.49. The summed E-state index contributed by atoms with van der Waals surface area (Å²) in [6.07, 6.45) is 7.45. The highest BCUT2D eigenvalue weighted by molar-refractivity contribution is 6.09. The first-order chi connectivity index (χ1) is 16.1. The summed E-state index contributed by atoms with van der Waals surface area (Å²) in [7, 11) is 0. The molecule has 1 spiro atoms. The molecule has 10 heteroatoms. The van der Waals surface area contributed by atoms with Crippen molar-refractivity contribution in [1.29, 1.82) is 0 Å². The molecule has 2 heterocycles. The van der Waals surface area contributed by atoms with E-state index in [-0.39, 0.29) is 12.5 Å². The molecule has 0 aromatic carbocycles. The number of rotatable bonds is 8. The highest BCUT2D eigenvalue weighted by Crippen LogP contribution is 2.33. The number of carbonyl (C=O) groups excluding carboxylic acids is 4. The van der Waals surface area contributed by atoms with Gasteiger partial charge in [0.25, 0.3) is 5.91 Å². The third kappa shape index (κ3) is 6.68. The second-order valence-electron chi connectivity index (χ2n) is 9.93. The van der Waals surface area contributed by atoms with Gasteiger partial charge < -0.3 is 20.3 Å². The van der Waals surface area contributed by atoms with E-state index in [0.29, 0.717) is 38.9 Å². The van der Waals surface area contributed by atoms with Crippen molar-refractivity contribution < 1.29 is 23.9 Å². The molecule has 186 valence electrons. The van der Waals surface area contributed by atoms with E-state index in [1.807, 2.05) is 6.07 Å². The summed E-state index contributed by atoms with van der Waals surface area (Å²) in [5, 5.41) is 5.55. The number of nitrogens with zero attached hydrogens (tertiary/aromatic N) is 3. The normalized spacial score (nSPS) is 17.4. The molecular formula is C24H35N5O5. The summed E-state index contributed by atoms with van der Waals surface area (Å²) < 4.78 is 5.51. The monoisotopic (exact) mass is 473 g/mol. The van der Waals surface area contributed by atoms with Gasteiger partial charge in [0.15, 0.2) is 0 Å². The number of carbonyl (C=O) groups is 4. The summed E-state index contributed by atoms with van der Waals surface area (Å²) >= 11 is 0. The molecule has 1 aromatic rings. The number of pyridine rings is 1. The van der Waals surface area contributed by atoms with Gasteiger partial charge in [0.05, 0.1) is 6.54 Å². The summed E-state index contributed by atoms with van der Waals surface area (Å²) in [5.74, 6) is -0.715. The maximum absolute atomic E-state index is 12.8. The van der Waals surface area contributed by atoms with Crippen LogP contribution >= 0.6 is 0 Å². The van der Waals surface area contributed by atoms with Crippen LogP contribution in [0.5, 0.6) is 0 Å². The number of nitrogens with one attached hydrogen (secondary N) is 2. The van der Waals surface area contributed by atoms with E-state index >= 15 is 0 Å². The summed E-state index contributed by atoms with van der Waals surface area (Å²) in [5.41, 5.74) is -0.597. The third-order valence-electron chi connectivity index (χ3n) is 5.93. The molecule has 0 atom stereocenters. The van der Waals surface area contributed by atoms with Gasteiger partial charge in [-0.1, -0.05) is 25.3 Å². The van der Waals surface area contributed by atoms with Gasteiger partial charge in [0.2, 0.25) is 5.91 Å². The largest absolute Gasteiger partial charge is 0.444 e. The van der Waals surface area contributed by atoms with Gasteiger partial charge >= 0.3 is 12.1 Å². The number of aromatic nitrogens is 1. The highest BCUT2D eigenvalue weighted by Gasteiger charge is 2.51. The van der Waals surface area contributed by atoms with Crippen molar-refractivity contribution in [3.8, 4) is 0 Å². The number of imide groups is 1. The Bertz CT molecular complexity index is 893. The molecule has 0 unspecified atom stereocenters. The van der Waals surface area contributed by atoms with E-state index in [0.717, 1.165) is 29.7 Å². The van der Waals surface area contributed by atoms with E-state index in [9.17, 15) is 19.2 Å². The van der Waals surface area contributed by atoms with Crippen LogP contribution in [0.15, 0.2) is 24.5 Å². The lowest BCUT2D eigenvalue weighted by atomic mass is 9.82. The lowest BCUT2D eigenvalue weighted by Gasteiger charge is -2.30. The number of ether oxygens (including phenoxy) is 1. The van der Waals surface area contributed by atoms with E-state index < -0.39 is 29.2 Å². The van der Waals surface area contributed by atoms with Gasteiger partial charge in [-0.15, -0.1) is 0 Å². The topological polar surface area (TPSA) is 121 Å². The molecule has 0 bridgehead atoms. The average molecular weight is 474 g/mol. The van der Waals surface area contributed by atoms with Crippen molar-refractivity contribution in [3.63, 3.8) is 0 Å². The lowest BCUT2D eigenvalue weighted by molar-refractivity contribution is -0.135. The van der Waals surface area contributed by atoms with E-state index in [4.69, 9.17) is 4.74 Å². The van der Waals surface area contributed by atoms with Crippen molar-refractivity contribution >= 4 is 23.9 Å². The van der Waals surface area contributed by atoms with Gasteiger partial charge in [0.1, 0.15) is 17.7 Å². The minimum Gasteiger partial charge on any atom is -0.444 e. The van der Waals surface area contributed by atoms with Crippen LogP contribution in [-0.4, -0.2) is 69.5 Å². The zero-order chi connectivity index (χ0) is 24.8. The molecule has 3 rings (SSSR count). The molecule has 2 N–H and O–H groups in total. The minimum atomic E-state index is -0.837. The molecule has 1 saturated carbocycles. The Morgan fingerprint density at radius 2 is 1.97 bits per heavy atom. The molecule has 1 aliphatic heterocycles. The van der Waals surface area contributed by atoms with E-state index in [1.165, 1.54) is 0 Å². The summed E-state index contributed by atoms with van der Waals surface area (Å²) in [6, 6.07) is 3.17. The minimum absolute atomic E-state index is 0.292. The van der Waals surface area contributed by atoms with Gasteiger partial charge in [-0.2, -0.15) is 0 Å². The van der Waals surface area contributed by atoms with Crippen LogP contribution in [0.25, 0.3) is 0 Å². The molecule has 34 heavy (non-hydrogen) atoms. The number of hydrogen-bond donors (Lipinski definition) is 2. The zero-order valence-corrected chi connectivity index (χ0v) is 20.3. The molecule has 1 aromatic heterocycles. The molecule has 2 aliphatic rings. The van der Waals surface area contributed by atoms with Crippen LogP contribution in [0, 0.1) is 0 Å². The Balaban J connectivity index is 1.48. The fourth-order valence-electron chi connectivity index (χ4n) is 4.28. The van der Waals surface area contributed by atoms with Crippen molar-refractivity contribution in [2.24, 2.45) is 0 Å². The number of urea groups is 1. The first-order valence-corrected chi connectivity index (χ1v) is 11.9. The van der Waals surface area contributed by atoms with Gasteiger partial charge in [0, 0.05) is 25.5 Å². The van der Waals surface area contributed by atoms with Gasteiger partial charge in [-0.25, -0.2) is 9.59 Å². The molecule has 1 aliphatic carbocycles. The van der Waals surface area contributed by atoms with Crippen molar-refractivity contribution in [2.45, 2.75) is 77.0 Å². The smallest absolute Gasteiger partial charge is 0.410 e. The first-order valence-electron chi connectivity index (χ1n) is 11.9. The summed E-state index contributed by atoms with van der Waals surface area (Å²) in [6.45, 7) is 6.09. The van der Waals surface area contributed by atoms with E-state index in [1.54, 1.807) is 44.1 Å². The van der Waals surface area contributed by atoms with Gasteiger partial charge in [-0.3, -0.25) is 19.5 Å². The molecule has 0 radical (unpaired) electrons. The van der Waals surface area contributed by atoms with Crippen LogP contribution in [0.4, 0.5) is 9.59 Å². The quantitative estimate of drug-likeness (QED) is 0.442. The molecule has 1 saturated heterocycles. The van der Waals surface area contributed by atoms with Crippen molar-refractivity contribution in [3.05, 3.63) is 30.1 Å². The fraction of sp³-hybridized carbons (Fsp3) is 0.625. The number of amides is 5. The van der Waals surface area contributed by atoms with Gasteiger partial charge in [-0.05, 0) is 51.7 Å². The summed E-state index contributed by atoms with van der Waals surface area (Å²) in [4.78, 5) is 56.9. The van der Waals surface area contributed by atoms with Crippen LogP contribution < -0.4 is 10.6 Å². The second-order valence-corrected chi connectivity index (χ2v) is 9.93. The Kier molecular flexibility index (Phi) is 8.11. The fourth-order valence-corrected chi connectivity index (χ4v) is 4.28. The maximum Gasteiger partial charge on any atom is 0.410 e. The molecule has 10 nitrogen and oxygen atoms in total. The van der Waals surface area contributed by atoms with E-state index in [2.05, 4.69) is 15.6 Å². The Morgan fingerprint density at radius 3 is 2.62 bits per heavy atom. The first kappa shape index (κ1) is 25.5. The standard InChI is InChI=1S/C24H35N5O5/c1-23(2,3)34-22(33)28(16-18-9-7-12-25-15-18)14-8-13-26-19(30)17-29-20(31)24(27-21(29)32)10-5-4-6-11-24/h7,9,12,15H,4-6,8,10-11,13-14,16-17H2,1-3H3,(H,26,30)(H,27,32). The van der Waals surface area contributed by atoms with Crippen molar-refractivity contribution in [2.75, 3.05) is 19.6 Å². The van der Waals surface area contributed by atoms with Crippen LogP contribution in [0.2, 0.25) is 0 Å². The van der Waals surface area contributed by atoms with Crippen LogP contribution in [0.3, 0.4) is 0 Å². The molecule has 2 fully saturated rings.